The van der Waals surface area contributed by atoms with Gasteiger partial charge in [-0.25, -0.2) is 4.79 Å². The molecule has 1 N–H and O–H groups in total. The Hall–Kier alpha value is -1.06. The zero-order valence-electron chi connectivity index (χ0n) is 7.12. The molecule has 12 heavy (non-hydrogen) atoms. The zero-order valence-corrected chi connectivity index (χ0v) is 7.12. The van der Waals surface area contributed by atoms with E-state index in [1.54, 1.807) is 0 Å². The van der Waals surface area contributed by atoms with Crippen LogP contribution in [0.4, 0.5) is 4.79 Å². The third kappa shape index (κ3) is 1.96. The Balaban J connectivity index is 2.52. The summed E-state index contributed by atoms with van der Waals surface area (Å²) in [5, 5.41) is 8.71. The van der Waals surface area contributed by atoms with Crippen LogP contribution in [0.3, 0.4) is 0 Å². The second-order valence-electron chi connectivity index (χ2n) is 3.18. The Morgan fingerprint density at radius 2 is 2.25 bits per heavy atom. The fraction of sp³-hybridized carbons (Fsp3) is 0.750. The van der Waals surface area contributed by atoms with E-state index in [1.165, 1.54) is 11.8 Å². The second-order valence-corrected chi connectivity index (χ2v) is 3.18. The molecule has 4 heteroatoms. The maximum Gasteiger partial charge on any atom is 0.407 e. The van der Waals surface area contributed by atoms with Gasteiger partial charge >= 0.3 is 6.09 Å². The number of likely N-dealkylation sites (tertiary alicyclic amines) is 1. The Morgan fingerprint density at radius 1 is 1.58 bits per heavy atom. The van der Waals surface area contributed by atoms with Gasteiger partial charge in [0.25, 0.3) is 0 Å². The highest BCUT2D eigenvalue weighted by Crippen LogP contribution is 2.19. The number of ketones is 1. The van der Waals surface area contributed by atoms with E-state index in [2.05, 4.69) is 0 Å². The van der Waals surface area contributed by atoms with Crippen LogP contribution in [0.5, 0.6) is 0 Å². The van der Waals surface area contributed by atoms with Crippen molar-refractivity contribution < 1.29 is 14.7 Å². The van der Waals surface area contributed by atoms with E-state index in [9.17, 15) is 9.59 Å². The van der Waals surface area contributed by atoms with Crippen LogP contribution < -0.4 is 0 Å². The van der Waals surface area contributed by atoms with Gasteiger partial charge in [0.1, 0.15) is 5.78 Å². The lowest BCUT2D eigenvalue weighted by Gasteiger charge is -2.19. The van der Waals surface area contributed by atoms with Gasteiger partial charge in [0.15, 0.2) is 0 Å². The van der Waals surface area contributed by atoms with Gasteiger partial charge in [0.05, 0.1) is 0 Å². The Bertz CT molecular complexity index is 202. The summed E-state index contributed by atoms with van der Waals surface area (Å²) in [6, 6.07) is -0.0694. The first-order chi connectivity index (χ1) is 5.61. The minimum absolute atomic E-state index is 0.0631. The molecule has 4 nitrogen and oxygen atoms in total. The predicted molar refractivity (Wildman–Crippen MR) is 43.1 cm³/mol. The van der Waals surface area contributed by atoms with Crippen LogP contribution in [0.25, 0.3) is 0 Å². The van der Waals surface area contributed by atoms with Crippen molar-refractivity contribution in [2.45, 2.75) is 32.2 Å². The Labute approximate surface area is 71.2 Å². The van der Waals surface area contributed by atoms with E-state index in [0.717, 1.165) is 12.8 Å². The first kappa shape index (κ1) is 9.03. The summed E-state index contributed by atoms with van der Waals surface area (Å²) in [7, 11) is 0. The molecule has 0 radical (unpaired) electrons. The molecule has 1 atom stereocenters. The standard InChI is InChI=1S/C8H13NO3/c1-6(10)5-7-3-2-4-9(7)8(11)12/h7H,2-5H2,1H3,(H,11,12)/t7-/m0/s1. The molecule has 0 spiro atoms. The zero-order chi connectivity index (χ0) is 9.14. The van der Waals surface area contributed by atoms with Crippen LogP contribution in [0.2, 0.25) is 0 Å². The number of amides is 1. The van der Waals surface area contributed by atoms with Gasteiger partial charge in [-0.05, 0) is 19.8 Å². The SMILES string of the molecule is CC(=O)C[C@@H]1CCCN1C(=O)O. The monoisotopic (exact) mass is 171 g/mol. The molecule has 1 aliphatic rings. The van der Waals surface area contributed by atoms with Crippen molar-refractivity contribution in [2.75, 3.05) is 6.54 Å². The maximum atomic E-state index is 10.7. The summed E-state index contributed by atoms with van der Waals surface area (Å²) in [5.41, 5.74) is 0. The molecule has 0 aromatic heterocycles. The average molecular weight is 171 g/mol. The Morgan fingerprint density at radius 3 is 2.75 bits per heavy atom. The van der Waals surface area contributed by atoms with Gasteiger partial charge in [-0.15, -0.1) is 0 Å². The molecular weight excluding hydrogens is 158 g/mol. The summed E-state index contributed by atoms with van der Waals surface area (Å²) in [5.74, 6) is 0.0631. The highest BCUT2D eigenvalue weighted by Gasteiger charge is 2.28. The molecule has 1 saturated heterocycles. The molecule has 1 aliphatic heterocycles. The normalized spacial score (nSPS) is 22.8. The fourth-order valence-corrected chi connectivity index (χ4v) is 1.63. The number of Topliss-reactive ketones (excluding diaryl/α,β-unsaturated/α-hetero) is 1. The fourth-order valence-electron chi connectivity index (χ4n) is 1.63. The van der Waals surface area contributed by atoms with Crippen molar-refractivity contribution in [2.24, 2.45) is 0 Å². The van der Waals surface area contributed by atoms with Crippen molar-refractivity contribution >= 4 is 11.9 Å². The van der Waals surface area contributed by atoms with Gasteiger partial charge in [0, 0.05) is 19.0 Å². The van der Waals surface area contributed by atoms with Crippen LogP contribution in [0.1, 0.15) is 26.2 Å². The van der Waals surface area contributed by atoms with E-state index in [-0.39, 0.29) is 11.8 Å². The Kier molecular flexibility index (Phi) is 2.68. The molecule has 1 amide bonds. The molecular formula is C8H13NO3. The van der Waals surface area contributed by atoms with Gasteiger partial charge in [0.2, 0.25) is 0 Å². The lowest BCUT2D eigenvalue weighted by Crippen LogP contribution is -2.35. The number of carbonyl (C=O) groups is 2. The molecule has 0 bridgehead atoms. The molecule has 0 aliphatic carbocycles. The van der Waals surface area contributed by atoms with Crippen molar-refractivity contribution in [1.82, 2.24) is 4.90 Å². The number of hydrogen-bond acceptors (Lipinski definition) is 2. The van der Waals surface area contributed by atoms with Gasteiger partial charge in [-0.2, -0.15) is 0 Å². The molecule has 0 aromatic carbocycles. The highest BCUT2D eigenvalue weighted by molar-refractivity contribution is 5.77. The summed E-state index contributed by atoms with van der Waals surface area (Å²) in [6.07, 6.45) is 1.17. The van der Waals surface area contributed by atoms with Crippen LogP contribution in [-0.4, -0.2) is 34.5 Å². The van der Waals surface area contributed by atoms with Crippen molar-refractivity contribution in [3.63, 3.8) is 0 Å². The van der Waals surface area contributed by atoms with Gasteiger partial charge in [-0.1, -0.05) is 0 Å². The van der Waals surface area contributed by atoms with Crippen molar-refractivity contribution in [3.8, 4) is 0 Å². The summed E-state index contributed by atoms with van der Waals surface area (Å²) < 4.78 is 0. The first-order valence-electron chi connectivity index (χ1n) is 4.10. The smallest absolute Gasteiger partial charge is 0.407 e. The highest BCUT2D eigenvalue weighted by atomic mass is 16.4. The number of hydrogen-bond donors (Lipinski definition) is 1. The van der Waals surface area contributed by atoms with Crippen LogP contribution >= 0.6 is 0 Å². The quantitative estimate of drug-likeness (QED) is 0.677. The molecule has 0 saturated carbocycles. The third-order valence-corrected chi connectivity index (χ3v) is 2.15. The lowest BCUT2D eigenvalue weighted by molar-refractivity contribution is -0.117. The van der Waals surface area contributed by atoms with E-state index in [1.807, 2.05) is 0 Å². The molecule has 1 rings (SSSR count). The minimum atomic E-state index is -0.904. The molecule has 68 valence electrons. The summed E-state index contributed by atoms with van der Waals surface area (Å²) in [6.45, 7) is 2.08. The predicted octanol–water partition coefficient (Wildman–Crippen LogP) is 1.11. The number of carboxylic acid groups (broad SMARTS) is 1. The molecule has 0 aromatic rings. The number of carbonyl (C=O) groups excluding carboxylic acids is 1. The summed E-state index contributed by atoms with van der Waals surface area (Å²) in [4.78, 5) is 22.7. The molecule has 1 fully saturated rings. The minimum Gasteiger partial charge on any atom is -0.465 e. The number of rotatable bonds is 2. The third-order valence-electron chi connectivity index (χ3n) is 2.15. The number of nitrogens with zero attached hydrogens (tertiary/aromatic N) is 1. The van der Waals surface area contributed by atoms with E-state index < -0.39 is 6.09 Å². The van der Waals surface area contributed by atoms with Crippen LogP contribution in [0.15, 0.2) is 0 Å². The second kappa shape index (κ2) is 3.56. The summed E-state index contributed by atoms with van der Waals surface area (Å²) >= 11 is 0. The van der Waals surface area contributed by atoms with E-state index in [4.69, 9.17) is 5.11 Å². The van der Waals surface area contributed by atoms with Gasteiger partial charge < -0.3 is 10.0 Å². The maximum absolute atomic E-state index is 10.7. The van der Waals surface area contributed by atoms with Crippen LogP contribution in [0, 0.1) is 0 Å². The molecule has 0 unspecified atom stereocenters. The topological polar surface area (TPSA) is 57.6 Å². The van der Waals surface area contributed by atoms with Gasteiger partial charge in [-0.3, -0.25) is 4.79 Å². The first-order valence-corrected chi connectivity index (χ1v) is 4.10. The van der Waals surface area contributed by atoms with E-state index in [0.29, 0.717) is 13.0 Å². The van der Waals surface area contributed by atoms with Crippen molar-refractivity contribution in [1.29, 1.82) is 0 Å². The average Bonchev–Trinajstić information content (AvgIpc) is 2.33. The van der Waals surface area contributed by atoms with E-state index >= 15 is 0 Å². The lowest BCUT2D eigenvalue weighted by atomic mass is 10.1. The molecule has 1 heterocycles. The van der Waals surface area contributed by atoms with Crippen LogP contribution in [-0.2, 0) is 4.79 Å². The largest absolute Gasteiger partial charge is 0.465 e. The van der Waals surface area contributed by atoms with Crippen molar-refractivity contribution in [3.05, 3.63) is 0 Å².